The first kappa shape index (κ1) is 18.0. The Bertz CT molecular complexity index is 732. The number of methoxy groups -OCH3 is 2. The topological polar surface area (TPSA) is 80.2 Å². The summed E-state index contributed by atoms with van der Waals surface area (Å²) < 4.78 is 11.3. The van der Waals surface area contributed by atoms with Crippen molar-refractivity contribution in [2.45, 2.75) is 6.10 Å². The van der Waals surface area contributed by atoms with Crippen molar-refractivity contribution in [3.05, 3.63) is 58.1 Å². The fourth-order valence-corrected chi connectivity index (χ4v) is 2.30. The predicted molar refractivity (Wildman–Crippen MR) is 94.4 cm³/mol. The van der Waals surface area contributed by atoms with Crippen LogP contribution in [0, 0.1) is 0 Å². The molecule has 0 aliphatic carbocycles. The van der Waals surface area contributed by atoms with Crippen molar-refractivity contribution in [2.75, 3.05) is 14.2 Å². The van der Waals surface area contributed by atoms with E-state index in [1.165, 1.54) is 20.4 Å². The molecular formula is C17H17BrN2O4. The number of ether oxygens (including phenoxy) is 2. The summed E-state index contributed by atoms with van der Waals surface area (Å²) in [5.74, 6) is 0.435. The van der Waals surface area contributed by atoms with Crippen LogP contribution in [-0.4, -0.2) is 31.4 Å². The number of hydrogen-bond donors (Lipinski definition) is 2. The van der Waals surface area contributed by atoms with Crippen LogP contribution in [0.1, 0.15) is 17.2 Å². The standard InChI is InChI=1S/C17H17BrN2O4/c1-23-14-5-3-4-12(16(14)24-2)10-19-20-17(22)15(21)11-6-8-13(18)9-7-11/h3-10,15,21H,1-2H3,(H,20,22)/b19-10-/t15-/m1/s1. The van der Waals surface area contributed by atoms with Crippen molar-refractivity contribution < 1.29 is 19.4 Å². The first-order chi connectivity index (χ1) is 11.6. The van der Waals surface area contributed by atoms with Crippen LogP contribution in [-0.2, 0) is 4.79 Å². The molecule has 6 nitrogen and oxygen atoms in total. The van der Waals surface area contributed by atoms with Crippen LogP contribution in [0.2, 0.25) is 0 Å². The fourth-order valence-electron chi connectivity index (χ4n) is 2.04. The van der Waals surface area contributed by atoms with Crippen LogP contribution in [0.4, 0.5) is 0 Å². The van der Waals surface area contributed by atoms with Crippen molar-refractivity contribution >= 4 is 28.1 Å². The maximum Gasteiger partial charge on any atom is 0.273 e. The lowest BCUT2D eigenvalue weighted by Crippen LogP contribution is -2.25. The number of carbonyl (C=O) groups excluding carboxylic acids is 1. The highest BCUT2D eigenvalue weighted by Crippen LogP contribution is 2.29. The lowest BCUT2D eigenvalue weighted by Gasteiger charge is -2.10. The Morgan fingerprint density at radius 2 is 1.92 bits per heavy atom. The van der Waals surface area contributed by atoms with E-state index < -0.39 is 12.0 Å². The van der Waals surface area contributed by atoms with Crippen LogP contribution in [0.5, 0.6) is 11.5 Å². The number of aliphatic hydroxyl groups is 1. The molecule has 0 aliphatic rings. The van der Waals surface area contributed by atoms with Gasteiger partial charge in [-0.15, -0.1) is 0 Å². The molecule has 0 aliphatic heterocycles. The second-order valence-electron chi connectivity index (χ2n) is 4.77. The lowest BCUT2D eigenvalue weighted by atomic mass is 10.1. The number of amides is 1. The van der Waals surface area contributed by atoms with Gasteiger partial charge in [-0.05, 0) is 29.8 Å². The largest absolute Gasteiger partial charge is 0.493 e. The maximum absolute atomic E-state index is 12.0. The minimum absolute atomic E-state index is 0.477. The number of aliphatic hydroxyl groups excluding tert-OH is 1. The van der Waals surface area contributed by atoms with Gasteiger partial charge in [-0.25, -0.2) is 5.43 Å². The summed E-state index contributed by atoms with van der Waals surface area (Å²) in [6, 6.07) is 12.1. The SMILES string of the molecule is COc1cccc(/C=N\NC(=O)[C@H](O)c2ccc(Br)cc2)c1OC. The summed E-state index contributed by atoms with van der Waals surface area (Å²) in [7, 11) is 3.06. The van der Waals surface area contributed by atoms with Gasteiger partial charge in [-0.1, -0.05) is 34.1 Å². The number of carbonyl (C=O) groups is 1. The zero-order valence-electron chi connectivity index (χ0n) is 13.2. The van der Waals surface area contributed by atoms with E-state index in [4.69, 9.17) is 9.47 Å². The molecule has 2 rings (SSSR count). The van der Waals surface area contributed by atoms with Crippen molar-refractivity contribution in [3.63, 3.8) is 0 Å². The normalized spacial score (nSPS) is 12.0. The molecule has 0 unspecified atom stereocenters. The van der Waals surface area contributed by atoms with E-state index >= 15 is 0 Å². The summed E-state index contributed by atoms with van der Waals surface area (Å²) in [5, 5.41) is 13.9. The molecule has 0 bridgehead atoms. The third kappa shape index (κ3) is 4.33. The zero-order chi connectivity index (χ0) is 17.5. The molecule has 1 amide bonds. The predicted octanol–water partition coefficient (Wildman–Crippen LogP) is 2.65. The maximum atomic E-state index is 12.0. The van der Waals surface area contributed by atoms with Gasteiger partial charge < -0.3 is 14.6 Å². The zero-order valence-corrected chi connectivity index (χ0v) is 14.8. The molecule has 2 aromatic carbocycles. The molecule has 7 heteroatoms. The monoisotopic (exact) mass is 392 g/mol. The minimum atomic E-state index is -1.30. The van der Waals surface area contributed by atoms with Gasteiger partial charge in [0.25, 0.3) is 5.91 Å². The van der Waals surface area contributed by atoms with Crippen LogP contribution in [0.15, 0.2) is 52.0 Å². The molecule has 2 N–H and O–H groups in total. The molecule has 0 fully saturated rings. The Morgan fingerprint density at radius 1 is 1.21 bits per heavy atom. The van der Waals surface area contributed by atoms with Gasteiger partial charge in [0.1, 0.15) is 0 Å². The van der Waals surface area contributed by atoms with Gasteiger partial charge in [0.05, 0.1) is 20.4 Å². The van der Waals surface area contributed by atoms with Crippen LogP contribution >= 0.6 is 15.9 Å². The number of para-hydroxylation sites is 1. The van der Waals surface area contributed by atoms with Crippen molar-refractivity contribution in [2.24, 2.45) is 5.10 Å². The van der Waals surface area contributed by atoms with E-state index in [2.05, 4.69) is 26.5 Å². The number of hydrogen-bond acceptors (Lipinski definition) is 5. The molecule has 126 valence electrons. The van der Waals surface area contributed by atoms with Gasteiger partial charge in [0, 0.05) is 10.0 Å². The molecule has 1 atom stereocenters. The molecule has 2 aromatic rings. The van der Waals surface area contributed by atoms with E-state index in [1.54, 1.807) is 42.5 Å². The lowest BCUT2D eigenvalue weighted by molar-refractivity contribution is -0.129. The summed E-state index contributed by atoms with van der Waals surface area (Å²) in [6.07, 6.45) is 0.121. The smallest absolute Gasteiger partial charge is 0.273 e. The number of nitrogens with one attached hydrogen (secondary N) is 1. The van der Waals surface area contributed by atoms with E-state index in [1.807, 2.05) is 0 Å². The first-order valence-electron chi connectivity index (χ1n) is 7.04. The second kappa shape index (κ2) is 8.47. The van der Waals surface area contributed by atoms with Gasteiger partial charge in [-0.3, -0.25) is 4.79 Å². The number of halogens is 1. The Balaban J connectivity index is 2.06. The summed E-state index contributed by atoms with van der Waals surface area (Å²) in [6.45, 7) is 0. The molecule has 0 spiro atoms. The van der Waals surface area contributed by atoms with Gasteiger partial charge in [0.2, 0.25) is 0 Å². The van der Waals surface area contributed by atoms with Gasteiger partial charge in [0.15, 0.2) is 17.6 Å². The van der Waals surface area contributed by atoms with Crippen molar-refractivity contribution in [1.82, 2.24) is 5.43 Å². The van der Waals surface area contributed by atoms with E-state index in [0.717, 1.165) is 4.47 Å². The Kier molecular flexibility index (Phi) is 6.34. The molecular weight excluding hydrogens is 376 g/mol. The average molecular weight is 393 g/mol. The number of benzene rings is 2. The highest BCUT2D eigenvalue weighted by molar-refractivity contribution is 9.10. The van der Waals surface area contributed by atoms with Crippen LogP contribution in [0.25, 0.3) is 0 Å². The van der Waals surface area contributed by atoms with E-state index in [0.29, 0.717) is 22.6 Å². The average Bonchev–Trinajstić information content (AvgIpc) is 2.61. The minimum Gasteiger partial charge on any atom is -0.493 e. The van der Waals surface area contributed by atoms with Crippen molar-refractivity contribution in [3.8, 4) is 11.5 Å². The molecule has 0 saturated carbocycles. The Hall–Kier alpha value is -2.38. The van der Waals surface area contributed by atoms with Gasteiger partial charge in [-0.2, -0.15) is 5.10 Å². The molecule has 0 aromatic heterocycles. The highest BCUT2D eigenvalue weighted by atomic mass is 79.9. The quantitative estimate of drug-likeness (QED) is 0.584. The van der Waals surface area contributed by atoms with Crippen LogP contribution in [0.3, 0.4) is 0 Å². The second-order valence-corrected chi connectivity index (χ2v) is 5.69. The Labute approximate surface area is 148 Å². The summed E-state index contributed by atoms with van der Waals surface area (Å²) in [4.78, 5) is 12.0. The van der Waals surface area contributed by atoms with Crippen molar-refractivity contribution in [1.29, 1.82) is 0 Å². The summed E-state index contributed by atoms with van der Waals surface area (Å²) >= 11 is 3.30. The van der Waals surface area contributed by atoms with Gasteiger partial charge >= 0.3 is 0 Å². The third-order valence-electron chi connectivity index (χ3n) is 3.25. The molecule has 0 heterocycles. The van der Waals surface area contributed by atoms with E-state index in [9.17, 15) is 9.90 Å². The number of hydrazone groups is 1. The fraction of sp³-hybridized carbons (Fsp3) is 0.176. The summed E-state index contributed by atoms with van der Waals surface area (Å²) in [5.41, 5.74) is 3.42. The Morgan fingerprint density at radius 3 is 2.54 bits per heavy atom. The van der Waals surface area contributed by atoms with E-state index in [-0.39, 0.29) is 0 Å². The first-order valence-corrected chi connectivity index (χ1v) is 7.83. The van der Waals surface area contributed by atoms with Crippen LogP contribution < -0.4 is 14.9 Å². The number of nitrogens with zero attached hydrogens (tertiary/aromatic N) is 1. The third-order valence-corrected chi connectivity index (χ3v) is 3.77. The molecule has 0 radical (unpaired) electrons. The highest BCUT2D eigenvalue weighted by Gasteiger charge is 2.16. The molecule has 0 saturated heterocycles. The molecule has 24 heavy (non-hydrogen) atoms. The number of rotatable bonds is 6.